The fourth-order valence-electron chi connectivity index (χ4n) is 6.50. The summed E-state index contributed by atoms with van der Waals surface area (Å²) < 4.78 is 62.9. The summed E-state index contributed by atoms with van der Waals surface area (Å²) in [6, 6.07) is 3.14. The molecular weight excluding hydrogens is 683 g/mol. The highest BCUT2D eigenvalue weighted by atomic mass is 32.1. The van der Waals surface area contributed by atoms with Crippen molar-refractivity contribution >= 4 is 66.7 Å². The molecule has 8 rings (SSSR count). The average molecular weight is 714 g/mol. The summed E-state index contributed by atoms with van der Waals surface area (Å²) in [5, 5.41) is 2.55. The van der Waals surface area contributed by atoms with Crippen LogP contribution in [0.25, 0.3) is 38.5 Å². The summed E-state index contributed by atoms with van der Waals surface area (Å²) in [5.74, 6) is -2.55. The van der Waals surface area contributed by atoms with Gasteiger partial charge < -0.3 is 20.3 Å². The minimum atomic E-state index is -0.895. The zero-order valence-electron chi connectivity index (χ0n) is 26.3. The van der Waals surface area contributed by atoms with Gasteiger partial charge in [-0.25, -0.2) is 27.5 Å². The van der Waals surface area contributed by atoms with Gasteiger partial charge in [-0.05, 0) is 37.9 Å². The number of ether oxygens (including phenoxy) is 1. The molecule has 1 amide bonds. The van der Waals surface area contributed by atoms with E-state index in [-0.39, 0.29) is 51.2 Å². The topological polar surface area (TPSA) is 126 Å². The van der Waals surface area contributed by atoms with E-state index in [1.54, 1.807) is 5.38 Å². The molecule has 0 bridgehead atoms. The Morgan fingerprint density at radius 3 is 2.63 bits per heavy atom. The zero-order valence-corrected chi connectivity index (χ0v) is 27.9. The number of nitrogens with two attached hydrogens (primary N) is 1. The van der Waals surface area contributed by atoms with Gasteiger partial charge in [0.15, 0.2) is 16.8 Å². The quantitative estimate of drug-likeness (QED) is 0.185. The molecule has 2 N–H and O–H groups in total. The molecule has 2 unspecified atom stereocenters. The molecule has 0 spiro atoms. The van der Waals surface area contributed by atoms with Crippen molar-refractivity contribution in [2.45, 2.75) is 31.5 Å². The highest BCUT2D eigenvalue weighted by molar-refractivity contribution is 7.22. The molecule has 1 aromatic carbocycles. The predicted octanol–water partition coefficient (Wildman–Crippen LogP) is 5.48. The van der Waals surface area contributed by atoms with Crippen LogP contribution in [0.4, 0.5) is 28.5 Å². The summed E-state index contributed by atoms with van der Waals surface area (Å²) in [4.78, 5) is 39.2. The van der Waals surface area contributed by atoms with Crippen LogP contribution < -0.4 is 15.4 Å². The minimum absolute atomic E-state index is 0.0524. The Bertz CT molecular complexity index is 2020. The van der Waals surface area contributed by atoms with Gasteiger partial charge in [0.05, 0.1) is 22.7 Å². The number of alkyl halides is 1. The van der Waals surface area contributed by atoms with Crippen molar-refractivity contribution in [3.05, 3.63) is 52.4 Å². The molecule has 0 aliphatic carbocycles. The van der Waals surface area contributed by atoms with E-state index in [2.05, 4.69) is 29.8 Å². The van der Waals surface area contributed by atoms with Gasteiger partial charge in [0.25, 0.3) is 5.91 Å². The number of carbonyl (C=O) groups is 1. The van der Waals surface area contributed by atoms with Gasteiger partial charge in [0, 0.05) is 68.2 Å². The molecule has 4 aromatic heterocycles. The first-order chi connectivity index (χ1) is 23.7. The van der Waals surface area contributed by atoms with Gasteiger partial charge >= 0.3 is 6.01 Å². The van der Waals surface area contributed by atoms with E-state index < -0.39 is 29.5 Å². The fraction of sp³-hybridized carbons (Fsp3) is 0.375. The molecule has 2 atom stereocenters. The number of aromatic nitrogens is 5. The number of pyridine rings is 1. The third kappa shape index (κ3) is 6.61. The number of halogens is 4. The smallest absolute Gasteiger partial charge is 0.318 e. The first kappa shape index (κ1) is 33.0. The second kappa shape index (κ2) is 13.8. The molecule has 0 radical (unpaired) electrons. The Kier molecular flexibility index (Phi) is 9.30. The number of hydrogen-bond acceptors (Lipinski definition) is 12. The molecule has 3 saturated heterocycles. The van der Waals surface area contributed by atoms with Gasteiger partial charge in [-0.3, -0.25) is 14.7 Å². The number of carbonyl (C=O) groups excluding carboxylic acids is 1. The predicted molar refractivity (Wildman–Crippen MR) is 181 cm³/mol. The number of hydrogen-bond donors (Lipinski definition) is 1. The van der Waals surface area contributed by atoms with Crippen LogP contribution in [0.1, 0.15) is 24.3 Å². The van der Waals surface area contributed by atoms with E-state index in [1.807, 2.05) is 4.90 Å². The largest absolute Gasteiger partial charge is 0.467 e. The normalized spacial score (nSPS) is 19.7. The summed E-state index contributed by atoms with van der Waals surface area (Å²) in [6.07, 6.45) is 6.89. The highest BCUT2D eigenvalue weighted by Gasteiger charge is 2.35. The van der Waals surface area contributed by atoms with E-state index in [0.717, 1.165) is 30.4 Å². The van der Waals surface area contributed by atoms with Crippen LogP contribution >= 0.6 is 22.7 Å². The number of anilines is 2. The van der Waals surface area contributed by atoms with Crippen LogP contribution in [0, 0.1) is 11.6 Å². The Balaban J connectivity index is 0.000000361. The molecule has 3 aliphatic rings. The Morgan fingerprint density at radius 2 is 1.90 bits per heavy atom. The van der Waals surface area contributed by atoms with E-state index >= 15 is 4.39 Å². The first-order valence-corrected chi connectivity index (χ1v) is 17.3. The maximum atomic E-state index is 16.0. The Morgan fingerprint density at radius 1 is 1.08 bits per heavy atom. The second-order valence-corrected chi connectivity index (χ2v) is 13.8. The van der Waals surface area contributed by atoms with Crippen molar-refractivity contribution in [1.29, 1.82) is 0 Å². The number of nitrogen functional groups attached to an aromatic ring is 1. The molecule has 3 aliphatic heterocycles. The van der Waals surface area contributed by atoms with Crippen LogP contribution in [0.2, 0.25) is 0 Å². The van der Waals surface area contributed by atoms with Crippen molar-refractivity contribution < 1.29 is 27.1 Å². The third-order valence-corrected chi connectivity index (χ3v) is 10.4. The van der Waals surface area contributed by atoms with Gasteiger partial charge in [-0.1, -0.05) is 11.3 Å². The highest BCUT2D eigenvalue weighted by Crippen LogP contribution is 2.37. The van der Waals surface area contributed by atoms with E-state index in [1.165, 1.54) is 60.7 Å². The second-order valence-electron chi connectivity index (χ2n) is 11.8. The lowest BCUT2D eigenvalue weighted by atomic mass is 10.1. The summed E-state index contributed by atoms with van der Waals surface area (Å²) in [6.45, 7) is 2.87. The summed E-state index contributed by atoms with van der Waals surface area (Å²) >= 11 is 2.19. The van der Waals surface area contributed by atoms with Gasteiger partial charge in [0.2, 0.25) is 0 Å². The van der Waals surface area contributed by atoms with E-state index in [0.29, 0.717) is 41.9 Å². The summed E-state index contributed by atoms with van der Waals surface area (Å²) in [7, 11) is 1.36. The molecule has 5 aromatic rings. The van der Waals surface area contributed by atoms with Crippen molar-refractivity contribution in [1.82, 2.24) is 34.7 Å². The SMILES string of the molecule is COc1nc(N2CCN(C(=O)/C(F)=C/c3nccs3)CC2)c2cnc(-c3ccc(F)c4sc(N)nc34)c(F)c2n1.FC1CC2CCCN2C1. The molecule has 3 fully saturated rings. The van der Waals surface area contributed by atoms with E-state index in [9.17, 15) is 18.0 Å². The Hall–Kier alpha value is -4.48. The van der Waals surface area contributed by atoms with Crippen molar-refractivity contribution in [2.75, 3.05) is 57.0 Å². The van der Waals surface area contributed by atoms with Crippen LogP contribution in [0.3, 0.4) is 0 Å². The van der Waals surface area contributed by atoms with Gasteiger partial charge in [-0.15, -0.1) is 11.3 Å². The maximum Gasteiger partial charge on any atom is 0.318 e. The standard InChI is InChI=1S/C25H19F3N8O2S2.C7H12FN/c1-38-25-33-19-13(11-31-18(17(19)28)12-2-3-14(26)21-20(12)32-24(29)40-21)22(34-25)35-5-7-36(8-6-35)23(37)15(27)10-16-30-4-9-39-16;8-6-4-7-2-1-3-9(7)5-6/h2-4,9-11H,5-8H2,1H3,(H2,29,32);6-7H,1-5H2/b15-10-;. The molecule has 7 heterocycles. The number of amides is 1. The molecule has 17 heteroatoms. The lowest BCUT2D eigenvalue weighted by Crippen LogP contribution is -2.49. The van der Waals surface area contributed by atoms with Crippen LogP contribution in [0.5, 0.6) is 6.01 Å². The Labute approximate surface area is 286 Å². The van der Waals surface area contributed by atoms with Crippen LogP contribution in [0.15, 0.2) is 35.7 Å². The lowest BCUT2D eigenvalue weighted by molar-refractivity contribution is -0.128. The first-order valence-electron chi connectivity index (χ1n) is 15.6. The monoisotopic (exact) mass is 713 g/mol. The average Bonchev–Trinajstić information content (AvgIpc) is 3.91. The molecule has 256 valence electrons. The lowest BCUT2D eigenvalue weighted by Gasteiger charge is -2.35. The maximum absolute atomic E-state index is 16.0. The van der Waals surface area contributed by atoms with Crippen LogP contribution in [-0.2, 0) is 4.79 Å². The number of benzene rings is 1. The van der Waals surface area contributed by atoms with E-state index in [4.69, 9.17) is 10.5 Å². The molecule has 49 heavy (non-hydrogen) atoms. The van der Waals surface area contributed by atoms with Crippen molar-refractivity contribution in [2.24, 2.45) is 0 Å². The number of thiazole rings is 2. The van der Waals surface area contributed by atoms with Gasteiger partial charge in [-0.2, -0.15) is 9.97 Å². The molecular formula is C32H31F4N9O2S2. The fourth-order valence-corrected chi connectivity index (χ4v) is 7.82. The number of methoxy groups -OCH3 is 1. The number of rotatable bonds is 5. The third-order valence-electron chi connectivity index (χ3n) is 8.83. The molecule has 0 saturated carbocycles. The number of nitrogens with zero attached hydrogens (tertiary/aromatic N) is 8. The number of piperazine rings is 1. The molecule has 11 nitrogen and oxygen atoms in total. The van der Waals surface area contributed by atoms with Gasteiger partial charge in [0.1, 0.15) is 34.0 Å². The zero-order chi connectivity index (χ0) is 34.2. The van der Waals surface area contributed by atoms with Crippen molar-refractivity contribution in [3.63, 3.8) is 0 Å². The minimum Gasteiger partial charge on any atom is -0.467 e. The van der Waals surface area contributed by atoms with Crippen LogP contribution in [-0.4, -0.2) is 99.2 Å². The number of fused-ring (bicyclic) bond motifs is 3. The van der Waals surface area contributed by atoms with Crippen molar-refractivity contribution in [3.8, 4) is 17.3 Å². The summed E-state index contributed by atoms with van der Waals surface area (Å²) in [5.41, 5.74) is 6.12.